The third-order valence-electron chi connectivity index (χ3n) is 5.29. The van der Waals surface area contributed by atoms with Crippen LogP contribution in [0.1, 0.15) is 16.1 Å². The Labute approximate surface area is 160 Å². The van der Waals surface area contributed by atoms with E-state index < -0.39 is 9.84 Å². The fourth-order valence-electron chi connectivity index (χ4n) is 3.84. The van der Waals surface area contributed by atoms with Crippen molar-refractivity contribution < 1.29 is 22.5 Å². The van der Waals surface area contributed by atoms with Gasteiger partial charge in [0.15, 0.2) is 9.84 Å². The van der Waals surface area contributed by atoms with Crippen LogP contribution in [0.15, 0.2) is 18.2 Å². The maximum atomic E-state index is 13.4. The number of halogens is 2. The minimum Gasteiger partial charge on any atom is -0.329 e. The van der Waals surface area contributed by atoms with Crippen LogP contribution in [0.25, 0.3) is 10.1 Å². The summed E-state index contributed by atoms with van der Waals surface area (Å²) in [5.74, 6) is 0.0507. The average Bonchev–Trinajstić information content (AvgIpc) is 3.14. The number of carbonyl (C=O) groups excluding carboxylic acids is 1. The molecule has 2 fully saturated rings. The van der Waals surface area contributed by atoms with Crippen molar-refractivity contribution in [1.82, 2.24) is 4.90 Å². The van der Waals surface area contributed by atoms with Crippen LogP contribution in [0.4, 0.5) is 4.39 Å². The lowest BCUT2D eigenvalue weighted by atomic mass is 10.2. The second-order valence-corrected chi connectivity index (χ2v) is 10.6. The third kappa shape index (κ3) is 3.35. The zero-order valence-corrected chi connectivity index (χ0v) is 16.4. The minimum atomic E-state index is -2.89. The molecule has 2 saturated heterocycles. The summed E-state index contributed by atoms with van der Waals surface area (Å²) in [6.45, 7) is 2.62. The van der Waals surface area contributed by atoms with Crippen LogP contribution < -0.4 is 4.90 Å². The lowest BCUT2D eigenvalue weighted by molar-refractivity contribution is -0.925. The molecule has 4 rings (SSSR count). The Kier molecular flexibility index (Phi) is 4.71. The van der Waals surface area contributed by atoms with Gasteiger partial charge in [0.05, 0.1) is 37.0 Å². The summed E-state index contributed by atoms with van der Waals surface area (Å²) in [6.07, 6.45) is 0.708. The van der Waals surface area contributed by atoms with Gasteiger partial charge in [0.25, 0.3) is 5.91 Å². The van der Waals surface area contributed by atoms with Crippen molar-refractivity contribution >= 4 is 48.8 Å². The van der Waals surface area contributed by atoms with Crippen LogP contribution in [-0.2, 0) is 9.84 Å². The minimum absolute atomic E-state index is 0.130. The molecular weight excluding hydrogens is 399 g/mol. The van der Waals surface area contributed by atoms with Crippen LogP contribution in [0, 0.1) is 5.82 Å². The average molecular weight is 418 g/mol. The van der Waals surface area contributed by atoms with E-state index in [9.17, 15) is 17.6 Å². The molecule has 2 aliphatic rings. The molecule has 1 atom stereocenters. The van der Waals surface area contributed by atoms with Crippen molar-refractivity contribution in [1.29, 1.82) is 0 Å². The van der Waals surface area contributed by atoms with Gasteiger partial charge in [-0.15, -0.1) is 11.3 Å². The number of fused-ring (bicyclic) bond motifs is 1. The number of hydrogen-bond donors (Lipinski definition) is 1. The first-order chi connectivity index (χ1) is 12.3. The molecule has 0 unspecified atom stereocenters. The van der Waals surface area contributed by atoms with Crippen molar-refractivity contribution in [2.75, 3.05) is 37.7 Å². The Hall–Kier alpha value is -1.22. The SMILES string of the molecule is O=C(c1sc2cc(F)ccc2c1Cl)N1CC[NH+]([C@@H]2CCS(=O)(=O)C2)CC1. The molecule has 1 N–H and O–H groups in total. The highest BCUT2D eigenvalue weighted by Gasteiger charge is 2.38. The summed E-state index contributed by atoms with van der Waals surface area (Å²) in [6, 6.07) is 4.48. The number of benzene rings is 1. The molecule has 3 heterocycles. The molecule has 0 radical (unpaired) electrons. The predicted octanol–water partition coefficient (Wildman–Crippen LogP) is 1.22. The number of thiophene rings is 1. The van der Waals surface area contributed by atoms with E-state index in [2.05, 4.69) is 0 Å². The zero-order valence-electron chi connectivity index (χ0n) is 14.0. The van der Waals surface area contributed by atoms with Gasteiger partial charge in [0, 0.05) is 16.5 Å². The van der Waals surface area contributed by atoms with Gasteiger partial charge < -0.3 is 9.80 Å². The quantitative estimate of drug-likeness (QED) is 0.799. The largest absolute Gasteiger partial charge is 0.329 e. The molecule has 5 nitrogen and oxygen atoms in total. The summed E-state index contributed by atoms with van der Waals surface area (Å²) in [5, 5.41) is 1.08. The lowest BCUT2D eigenvalue weighted by Crippen LogP contribution is -3.18. The smallest absolute Gasteiger partial charge is 0.265 e. The summed E-state index contributed by atoms with van der Waals surface area (Å²) >= 11 is 7.57. The molecule has 0 saturated carbocycles. The zero-order chi connectivity index (χ0) is 18.5. The Balaban J connectivity index is 1.46. The van der Waals surface area contributed by atoms with Crippen LogP contribution in [0.5, 0.6) is 0 Å². The summed E-state index contributed by atoms with van der Waals surface area (Å²) < 4.78 is 37.4. The van der Waals surface area contributed by atoms with Crippen molar-refractivity contribution in [3.63, 3.8) is 0 Å². The Morgan fingerprint density at radius 2 is 2.04 bits per heavy atom. The van der Waals surface area contributed by atoms with Gasteiger partial charge in [-0.2, -0.15) is 0 Å². The number of hydrogen-bond acceptors (Lipinski definition) is 4. The number of nitrogens with one attached hydrogen (secondary N) is 1. The van der Waals surface area contributed by atoms with E-state index in [0.29, 0.717) is 39.5 Å². The highest BCUT2D eigenvalue weighted by Crippen LogP contribution is 2.36. The Morgan fingerprint density at radius 3 is 2.69 bits per heavy atom. The van der Waals surface area contributed by atoms with Crippen LogP contribution >= 0.6 is 22.9 Å². The molecule has 26 heavy (non-hydrogen) atoms. The third-order valence-corrected chi connectivity index (χ3v) is 8.70. The second-order valence-electron chi connectivity index (χ2n) is 6.94. The highest BCUT2D eigenvalue weighted by atomic mass is 35.5. The molecule has 1 aromatic carbocycles. The maximum Gasteiger partial charge on any atom is 0.265 e. The molecule has 1 amide bonds. The first-order valence-electron chi connectivity index (χ1n) is 8.56. The fourth-order valence-corrected chi connectivity index (χ4v) is 7.17. The monoisotopic (exact) mass is 417 g/mol. The standard InChI is InChI=1S/C17H18ClFN2O3S2/c18-15-13-2-1-11(19)9-14(13)25-16(15)17(22)21-6-4-20(5-7-21)12-3-8-26(23,24)10-12/h1-2,9,12H,3-8,10H2/p+1/t12-/m1/s1. The molecule has 2 aromatic rings. The van der Waals surface area contributed by atoms with E-state index in [0.717, 1.165) is 13.1 Å². The van der Waals surface area contributed by atoms with Crippen LogP contribution in [0.3, 0.4) is 0 Å². The molecule has 0 bridgehead atoms. The number of sulfone groups is 1. The van der Waals surface area contributed by atoms with Gasteiger partial charge in [-0.3, -0.25) is 4.79 Å². The predicted molar refractivity (Wildman–Crippen MR) is 100 cm³/mol. The first-order valence-corrected chi connectivity index (χ1v) is 11.6. The molecule has 2 aliphatic heterocycles. The molecule has 0 spiro atoms. The van der Waals surface area contributed by atoms with Gasteiger partial charge in [-0.25, -0.2) is 12.8 Å². The second kappa shape index (κ2) is 6.74. The number of rotatable bonds is 2. The topological polar surface area (TPSA) is 58.9 Å². The molecular formula is C17H19ClFN2O3S2+. The normalized spacial score (nSPS) is 23.6. The molecule has 1 aromatic heterocycles. The Morgan fingerprint density at radius 1 is 1.31 bits per heavy atom. The van der Waals surface area contributed by atoms with Gasteiger partial charge in [0.2, 0.25) is 0 Å². The van der Waals surface area contributed by atoms with E-state index in [1.807, 2.05) is 0 Å². The van der Waals surface area contributed by atoms with Gasteiger partial charge in [-0.1, -0.05) is 11.6 Å². The Bertz CT molecular complexity index is 968. The van der Waals surface area contributed by atoms with Crippen LogP contribution in [-0.4, -0.2) is 63.0 Å². The van der Waals surface area contributed by atoms with Crippen molar-refractivity contribution in [2.24, 2.45) is 0 Å². The number of nitrogens with zero attached hydrogens (tertiary/aromatic N) is 1. The van der Waals surface area contributed by atoms with Gasteiger partial charge in [-0.05, 0) is 18.2 Å². The number of amides is 1. The summed E-state index contributed by atoms with van der Waals surface area (Å²) in [4.78, 5) is 16.3. The van der Waals surface area contributed by atoms with Crippen molar-refractivity contribution in [3.05, 3.63) is 33.9 Å². The van der Waals surface area contributed by atoms with Gasteiger partial charge in [0.1, 0.15) is 22.5 Å². The van der Waals surface area contributed by atoms with E-state index in [1.165, 1.54) is 28.4 Å². The summed E-state index contributed by atoms with van der Waals surface area (Å²) in [7, 11) is -2.89. The summed E-state index contributed by atoms with van der Waals surface area (Å²) in [5.41, 5.74) is 0. The van der Waals surface area contributed by atoms with Crippen molar-refractivity contribution in [3.8, 4) is 0 Å². The van der Waals surface area contributed by atoms with E-state index in [4.69, 9.17) is 11.6 Å². The van der Waals surface area contributed by atoms with E-state index in [-0.39, 0.29) is 29.3 Å². The number of quaternary nitrogens is 1. The van der Waals surface area contributed by atoms with Crippen molar-refractivity contribution in [2.45, 2.75) is 12.5 Å². The molecule has 140 valence electrons. The molecule has 0 aliphatic carbocycles. The van der Waals surface area contributed by atoms with Crippen LogP contribution in [0.2, 0.25) is 5.02 Å². The van der Waals surface area contributed by atoms with Gasteiger partial charge >= 0.3 is 0 Å². The fraction of sp³-hybridized carbons (Fsp3) is 0.471. The maximum absolute atomic E-state index is 13.4. The van der Waals surface area contributed by atoms with E-state index in [1.54, 1.807) is 11.0 Å². The molecule has 9 heteroatoms. The first kappa shape index (κ1) is 18.2. The highest BCUT2D eigenvalue weighted by molar-refractivity contribution is 7.91. The van der Waals surface area contributed by atoms with E-state index >= 15 is 0 Å². The lowest BCUT2D eigenvalue weighted by Gasteiger charge is -2.34. The number of carbonyl (C=O) groups is 1. The number of piperazine rings is 1.